The second-order valence-corrected chi connectivity index (χ2v) is 8.31. The molecule has 36 heavy (non-hydrogen) atoms. The zero-order valence-electron chi connectivity index (χ0n) is 21.9. The maximum atomic E-state index is 14.0. The normalized spacial score (nSPS) is 13.6. The summed E-state index contributed by atoms with van der Waals surface area (Å²) in [5.74, 6) is 0.480. The first-order valence-corrected chi connectivity index (χ1v) is 11.9. The molecule has 3 N–H and O–H groups in total. The standard InChI is InChI=1S/C19H19ClF2N2.C6H11N.C3H4.CH4O/c1-11-5-4-6-14(9-11)12(2)10-24-19(23)13(3)17-15(21)7-8-16(22)18(17)20;1-2-7-5-3-4-6-7;1-3-2;1-2/h4-10,13H,1-3H3,(H2,23,24);2H,1,3-6H2;1H,2H3;2H,1H3/b12-10+;;;. The summed E-state index contributed by atoms with van der Waals surface area (Å²) in [5.41, 5.74) is 9.04. The first-order chi connectivity index (χ1) is 17.2. The van der Waals surface area contributed by atoms with E-state index < -0.39 is 17.6 Å². The number of hydrogen-bond acceptors (Lipinski definition) is 3. The van der Waals surface area contributed by atoms with Crippen LogP contribution >= 0.6 is 11.6 Å². The minimum absolute atomic E-state index is 0.0134. The first-order valence-electron chi connectivity index (χ1n) is 11.5. The van der Waals surface area contributed by atoms with E-state index in [2.05, 4.69) is 28.8 Å². The molecule has 1 heterocycles. The SMILES string of the molecule is C#CC.C/C(=C\N=C(N)C(C)c1c(F)ccc(F)c1Cl)c1cccc(C)c1.C=CN1CCCC1.CO. The molecule has 1 aliphatic rings. The molecule has 0 aromatic heterocycles. The Morgan fingerprint density at radius 3 is 2.28 bits per heavy atom. The van der Waals surface area contributed by atoms with Gasteiger partial charge in [-0.05, 0) is 63.1 Å². The van der Waals surface area contributed by atoms with Gasteiger partial charge in [0.25, 0.3) is 0 Å². The van der Waals surface area contributed by atoms with Crippen molar-refractivity contribution in [2.75, 3.05) is 20.2 Å². The Labute approximate surface area is 220 Å². The van der Waals surface area contributed by atoms with E-state index >= 15 is 0 Å². The molecule has 0 aliphatic carbocycles. The summed E-state index contributed by atoms with van der Waals surface area (Å²) in [6.07, 6.45) is 10.8. The highest BCUT2D eigenvalue weighted by atomic mass is 35.5. The summed E-state index contributed by atoms with van der Waals surface area (Å²) in [5, 5.41) is 6.74. The summed E-state index contributed by atoms with van der Waals surface area (Å²) in [6.45, 7) is 13.3. The second kappa shape index (κ2) is 18.2. The molecule has 1 fully saturated rings. The lowest BCUT2D eigenvalue weighted by Gasteiger charge is -2.14. The summed E-state index contributed by atoms with van der Waals surface area (Å²) in [4.78, 5) is 6.45. The van der Waals surface area contributed by atoms with Crippen molar-refractivity contribution >= 4 is 23.0 Å². The lowest BCUT2D eigenvalue weighted by molar-refractivity contribution is 0.399. The van der Waals surface area contributed by atoms with Crippen molar-refractivity contribution in [3.8, 4) is 12.3 Å². The fraction of sp³-hybridized carbons (Fsp3) is 0.345. The van der Waals surface area contributed by atoms with Gasteiger partial charge in [-0.15, -0.1) is 12.3 Å². The minimum atomic E-state index is -0.681. The van der Waals surface area contributed by atoms with Gasteiger partial charge in [0.2, 0.25) is 0 Å². The molecule has 0 bridgehead atoms. The van der Waals surface area contributed by atoms with Crippen molar-refractivity contribution in [3.63, 3.8) is 0 Å². The Morgan fingerprint density at radius 2 is 1.78 bits per heavy atom. The van der Waals surface area contributed by atoms with Gasteiger partial charge in [-0.3, -0.25) is 0 Å². The monoisotopic (exact) mass is 517 g/mol. The van der Waals surface area contributed by atoms with E-state index in [0.29, 0.717) is 0 Å². The van der Waals surface area contributed by atoms with Gasteiger partial charge < -0.3 is 15.7 Å². The minimum Gasteiger partial charge on any atom is -0.400 e. The number of benzene rings is 2. The molecular weight excluding hydrogens is 480 g/mol. The number of aliphatic hydroxyl groups excluding tert-OH is 1. The Kier molecular flexibility index (Phi) is 16.6. The van der Waals surface area contributed by atoms with Crippen molar-refractivity contribution < 1.29 is 13.9 Å². The number of halogens is 3. The van der Waals surface area contributed by atoms with E-state index in [1.54, 1.807) is 20.0 Å². The van der Waals surface area contributed by atoms with Gasteiger partial charge in [0.05, 0.1) is 5.02 Å². The van der Waals surface area contributed by atoms with Gasteiger partial charge >= 0.3 is 0 Å². The molecule has 1 saturated heterocycles. The third-order valence-electron chi connectivity index (χ3n) is 5.24. The van der Waals surface area contributed by atoms with Crippen LogP contribution in [0.25, 0.3) is 5.57 Å². The maximum Gasteiger partial charge on any atom is 0.142 e. The molecule has 0 saturated carbocycles. The largest absolute Gasteiger partial charge is 0.400 e. The van der Waals surface area contributed by atoms with E-state index in [0.717, 1.165) is 35.9 Å². The van der Waals surface area contributed by atoms with Crippen LogP contribution < -0.4 is 5.73 Å². The number of likely N-dealkylation sites (tertiary alicyclic amines) is 1. The van der Waals surface area contributed by atoms with E-state index in [9.17, 15) is 8.78 Å². The lowest BCUT2D eigenvalue weighted by atomic mass is 9.99. The van der Waals surface area contributed by atoms with Gasteiger partial charge in [0, 0.05) is 37.9 Å². The number of allylic oxidation sites excluding steroid dienone is 1. The number of aliphatic imine (C=N–C) groups is 1. The lowest BCUT2D eigenvalue weighted by Crippen LogP contribution is -2.21. The number of amidine groups is 1. The zero-order valence-corrected chi connectivity index (χ0v) is 22.6. The number of rotatable bonds is 5. The Balaban J connectivity index is 0.000000845. The van der Waals surface area contributed by atoms with Crippen molar-refractivity contribution in [1.29, 1.82) is 0 Å². The predicted octanol–water partition coefficient (Wildman–Crippen LogP) is 6.92. The van der Waals surface area contributed by atoms with Gasteiger partial charge in [-0.2, -0.15) is 0 Å². The fourth-order valence-electron chi connectivity index (χ4n) is 3.26. The highest BCUT2D eigenvalue weighted by Crippen LogP contribution is 2.30. The molecule has 0 spiro atoms. The second-order valence-electron chi connectivity index (χ2n) is 7.93. The molecule has 2 aromatic rings. The number of nitrogens with two attached hydrogens (primary N) is 1. The first kappa shape index (κ1) is 32.9. The Bertz CT molecular complexity index is 1050. The van der Waals surface area contributed by atoms with Crippen molar-refractivity contribution in [3.05, 3.63) is 88.7 Å². The van der Waals surface area contributed by atoms with Crippen LogP contribution in [0.5, 0.6) is 0 Å². The van der Waals surface area contributed by atoms with Gasteiger partial charge in [0.1, 0.15) is 17.5 Å². The Hall–Kier alpha value is -3.14. The fourth-order valence-corrected chi connectivity index (χ4v) is 3.58. The summed E-state index contributed by atoms with van der Waals surface area (Å²) in [6, 6.07) is 9.99. The van der Waals surface area contributed by atoms with E-state index in [1.165, 1.54) is 25.9 Å². The molecule has 4 nitrogen and oxygen atoms in total. The molecule has 2 aromatic carbocycles. The maximum absolute atomic E-state index is 14.0. The summed E-state index contributed by atoms with van der Waals surface area (Å²) >= 11 is 5.87. The van der Waals surface area contributed by atoms with Crippen LogP contribution in [0.3, 0.4) is 0 Å². The van der Waals surface area contributed by atoms with Crippen LogP contribution in [0.2, 0.25) is 5.02 Å². The average Bonchev–Trinajstić information content (AvgIpc) is 3.41. The van der Waals surface area contributed by atoms with Crippen LogP contribution in [0, 0.1) is 30.9 Å². The number of aliphatic hydroxyl groups is 1. The van der Waals surface area contributed by atoms with Gasteiger partial charge in [-0.25, -0.2) is 13.8 Å². The zero-order chi connectivity index (χ0) is 27.7. The van der Waals surface area contributed by atoms with E-state index in [-0.39, 0.29) is 16.4 Å². The molecule has 0 amide bonds. The Morgan fingerprint density at radius 1 is 1.22 bits per heavy atom. The molecule has 7 heteroatoms. The van der Waals surface area contributed by atoms with Crippen LogP contribution in [-0.4, -0.2) is 36.0 Å². The van der Waals surface area contributed by atoms with E-state index in [4.69, 9.17) is 22.4 Å². The van der Waals surface area contributed by atoms with Crippen LogP contribution in [0.1, 0.15) is 56.2 Å². The summed E-state index contributed by atoms with van der Waals surface area (Å²) < 4.78 is 27.5. The van der Waals surface area contributed by atoms with Crippen LogP contribution in [0.4, 0.5) is 8.78 Å². The quantitative estimate of drug-likeness (QED) is 0.196. The molecule has 1 aliphatic heterocycles. The van der Waals surface area contributed by atoms with Crippen molar-refractivity contribution in [1.82, 2.24) is 4.90 Å². The molecule has 1 unspecified atom stereocenters. The topological polar surface area (TPSA) is 61.8 Å². The third kappa shape index (κ3) is 11.1. The van der Waals surface area contributed by atoms with Crippen molar-refractivity contribution in [2.24, 2.45) is 10.7 Å². The number of terminal acetylenes is 1. The third-order valence-corrected chi connectivity index (χ3v) is 5.62. The summed E-state index contributed by atoms with van der Waals surface area (Å²) in [7, 11) is 1.00. The van der Waals surface area contributed by atoms with Crippen molar-refractivity contribution in [2.45, 2.75) is 46.5 Å². The molecular formula is C29H38ClF2N3O. The van der Waals surface area contributed by atoms with E-state index in [1.807, 2.05) is 44.3 Å². The smallest absolute Gasteiger partial charge is 0.142 e. The van der Waals surface area contributed by atoms with Crippen LogP contribution in [-0.2, 0) is 0 Å². The van der Waals surface area contributed by atoms with Gasteiger partial charge in [0.15, 0.2) is 0 Å². The molecule has 1 atom stereocenters. The highest BCUT2D eigenvalue weighted by Gasteiger charge is 2.20. The molecule has 3 rings (SSSR count). The predicted molar refractivity (Wildman–Crippen MR) is 150 cm³/mol. The number of aryl methyl sites for hydroxylation is 1. The molecule has 0 radical (unpaired) electrons. The van der Waals surface area contributed by atoms with Gasteiger partial charge in [-0.1, -0.05) is 54.9 Å². The highest BCUT2D eigenvalue weighted by molar-refractivity contribution is 6.31. The number of hydrogen-bond donors (Lipinski definition) is 2. The average molecular weight is 518 g/mol. The number of nitrogens with zero attached hydrogens (tertiary/aromatic N) is 2. The van der Waals surface area contributed by atoms with Crippen LogP contribution in [0.15, 0.2) is 60.4 Å². The molecule has 196 valence electrons.